The quantitative estimate of drug-likeness (QED) is 0.870. The van der Waals surface area contributed by atoms with Gasteiger partial charge in [0.2, 0.25) is 0 Å². The van der Waals surface area contributed by atoms with E-state index in [9.17, 15) is 9.59 Å². The summed E-state index contributed by atoms with van der Waals surface area (Å²) in [7, 11) is 0. The van der Waals surface area contributed by atoms with Crippen LogP contribution < -0.4 is 5.32 Å². The molecule has 126 valence electrons. The summed E-state index contributed by atoms with van der Waals surface area (Å²) in [6.07, 6.45) is 2.20. The van der Waals surface area contributed by atoms with Crippen molar-refractivity contribution in [2.45, 2.75) is 38.1 Å². The number of nitrogens with one attached hydrogen (secondary N) is 1. The molecule has 0 radical (unpaired) electrons. The molecule has 1 aliphatic carbocycles. The van der Waals surface area contributed by atoms with Crippen molar-refractivity contribution in [3.63, 3.8) is 0 Å². The van der Waals surface area contributed by atoms with E-state index >= 15 is 0 Å². The molecule has 24 heavy (non-hydrogen) atoms. The van der Waals surface area contributed by atoms with Crippen LogP contribution in [0.3, 0.4) is 0 Å². The Morgan fingerprint density at radius 1 is 1.38 bits per heavy atom. The number of para-hydroxylation sites is 1. The number of aromatic nitrogens is 2. The molecule has 1 heterocycles. The van der Waals surface area contributed by atoms with E-state index in [0.29, 0.717) is 23.6 Å². The highest BCUT2D eigenvalue weighted by Crippen LogP contribution is 2.35. The predicted molar refractivity (Wildman–Crippen MR) is 89.6 cm³/mol. The third-order valence-electron chi connectivity index (χ3n) is 4.38. The number of benzene rings is 1. The van der Waals surface area contributed by atoms with Gasteiger partial charge in [-0.05, 0) is 44.4 Å². The minimum Gasteiger partial charge on any atom is -0.481 e. The molecule has 0 saturated heterocycles. The second-order valence-electron chi connectivity index (χ2n) is 6.19. The summed E-state index contributed by atoms with van der Waals surface area (Å²) in [6.45, 7) is 1.84. The number of carboxylic acids is 1. The van der Waals surface area contributed by atoms with Crippen LogP contribution in [-0.2, 0) is 4.79 Å². The highest BCUT2D eigenvalue weighted by Gasteiger charge is 2.40. The van der Waals surface area contributed by atoms with Gasteiger partial charge < -0.3 is 10.4 Å². The predicted octanol–water partition coefficient (Wildman–Crippen LogP) is 2.96. The second kappa shape index (κ2) is 6.28. The third kappa shape index (κ3) is 3.14. The van der Waals surface area contributed by atoms with Crippen molar-refractivity contribution >= 4 is 23.5 Å². The van der Waals surface area contributed by atoms with Gasteiger partial charge in [0.15, 0.2) is 5.69 Å². The molecule has 6 nitrogen and oxygen atoms in total. The van der Waals surface area contributed by atoms with E-state index in [1.807, 2.05) is 25.1 Å². The molecule has 1 amide bonds. The Hall–Kier alpha value is -2.34. The molecule has 0 aliphatic heterocycles. The van der Waals surface area contributed by atoms with Gasteiger partial charge >= 0.3 is 5.97 Å². The Morgan fingerprint density at radius 3 is 2.67 bits per heavy atom. The van der Waals surface area contributed by atoms with Gasteiger partial charge in [0, 0.05) is 5.69 Å². The number of aryl methyl sites for hydroxylation is 1. The number of carbonyl (C=O) groups excluding carboxylic acids is 1. The molecule has 2 aromatic rings. The Bertz CT molecular complexity index is 796. The van der Waals surface area contributed by atoms with Crippen molar-refractivity contribution in [3.05, 3.63) is 46.7 Å². The molecule has 0 spiro atoms. The average molecular weight is 348 g/mol. The molecule has 1 aliphatic rings. The SMILES string of the molecule is Cc1cc(C(=O)NC2(CC(=O)O)CCC2)nn1-c1ccccc1Cl. The van der Waals surface area contributed by atoms with Crippen LogP contribution in [0.4, 0.5) is 0 Å². The lowest BCUT2D eigenvalue weighted by atomic mass is 9.74. The number of hydrogen-bond acceptors (Lipinski definition) is 3. The molecule has 2 N–H and O–H groups in total. The molecule has 7 heteroatoms. The number of hydrogen-bond donors (Lipinski definition) is 2. The van der Waals surface area contributed by atoms with Crippen molar-refractivity contribution in [1.82, 2.24) is 15.1 Å². The summed E-state index contributed by atoms with van der Waals surface area (Å²) in [5.41, 5.74) is 1.07. The fourth-order valence-corrected chi connectivity index (χ4v) is 3.21. The smallest absolute Gasteiger partial charge is 0.305 e. The van der Waals surface area contributed by atoms with E-state index < -0.39 is 11.5 Å². The van der Waals surface area contributed by atoms with Crippen LogP contribution in [0.5, 0.6) is 0 Å². The maximum absolute atomic E-state index is 12.5. The van der Waals surface area contributed by atoms with E-state index in [1.165, 1.54) is 0 Å². The maximum Gasteiger partial charge on any atom is 0.305 e. The Balaban J connectivity index is 1.83. The summed E-state index contributed by atoms with van der Waals surface area (Å²) < 4.78 is 1.61. The van der Waals surface area contributed by atoms with E-state index in [-0.39, 0.29) is 18.0 Å². The number of aliphatic carboxylic acids is 1. The topological polar surface area (TPSA) is 84.2 Å². The highest BCUT2D eigenvalue weighted by molar-refractivity contribution is 6.32. The lowest BCUT2D eigenvalue weighted by Gasteiger charge is -2.41. The summed E-state index contributed by atoms with van der Waals surface area (Å²) in [4.78, 5) is 23.5. The molecule has 1 fully saturated rings. The van der Waals surface area contributed by atoms with E-state index in [4.69, 9.17) is 16.7 Å². The molecule has 1 aromatic carbocycles. The van der Waals surface area contributed by atoms with Crippen LogP contribution in [0.2, 0.25) is 5.02 Å². The largest absolute Gasteiger partial charge is 0.481 e. The van der Waals surface area contributed by atoms with Gasteiger partial charge in [-0.3, -0.25) is 9.59 Å². The Labute approximate surface area is 144 Å². The van der Waals surface area contributed by atoms with Crippen LogP contribution in [0.15, 0.2) is 30.3 Å². The van der Waals surface area contributed by atoms with Crippen molar-refractivity contribution in [3.8, 4) is 5.69 Å². The maximum atomic E-state index is 12.5. The third-order valence-corrected chi connectivity index (χ3v) is 4.70. The van der Waals surface area contributed by atoms with Crippen LogP contribution in [0.25, 0.3) is 5.69 Å². The minimum absolute atomic E-state index is 0.0665. The molecule has 3 rings (SSSR count). The van der Waals surface area contributed by atoms with Gasteiger partial charge in [-0.1, -0.05) is 23.7 Å². The van der Waals surface area contributed by atoms with E-state index in [0.717, 1.165) is 12.1 Å². The first-order valence-electron chi connectivity index (χ1n) is 7.76. The molecule has 0 atom stereocenters. The zero-order valence-electron chi connectivity index (χ0n) is 13.3. The van der Waals surface area contributed by atoms with Crippen molar-refractivity contribution in [2.75, 3.05) is 0 Å². The summed E-state index contributed by atoms with van der Waals surface area (Å²) in [5, 5.41) is 16.8. The number of nitrogens with zero attached hydrogens (tertiary/aromatic N) is 2. The normalized spacial score (nSPS) is 15.6. The van der Waals surface area contributed by atoms with Gasteiger partial charge in [-0.25, -0.2) is 4.68 Å². The zero-order chi connectivity index (χ0) is 17.3. The van der Waals surface area contributed by atoms with Crippen molar-refractivity contribution in [1.29, 1.82) is 0 Å². The van der Waals surface area contributed by atoms with Gasteiger partial charge in [-0.15, -0.1) is 0 Å². The molecular weight excluding hydrogens is 330 g/mol. The highest BCUT2D eigenvalue weighted by atomic mass is 35.5. The van der Waals surface area contributed by atoms with Gasteiger partial charge in [-0.2, -0.15) is 5.10 Å². The number of halogens is 1. The monoisotopic (exact) mass is 347 g/mol. The lowest BCUT2D eigenvalue weighted by molar-refractivity contribution is -0.139. The first-order chi connectivity index (χ1) is 11.4. The first kappa shape index (κ1) is 16.5. The fourth-order valence-electron chi connectivity index (χ4n) is 3.00. The van der Waals surface area contributed by atoms with Gasteiger partial charge in [0.25, 0.3) is 5.91 Å². The average Bonchev–Trinajstić information content (AvgIpc) is 2.87. The summed E-state index contributed by atoms with van der Waals surface area (Å²) >= 11 is 6.19. The van der Waals surface area contributed by atoms with Crippen molar-refractivity contribution < 1.29 is 14.7 Å². The molecule has 1 aromatic heterocycles. The van der Waals surface area contributed by atoms with Crippen LogP contribution in [-0.4, -0.2) is 32.3 Å². The van der Waals surface area contributed by atoms with Crippen LogP contribution >= 0.6 is 11.6 Å². The van der Waals surface area contributed by atoms with Gasteiger partial charge in [0.1, 0.15) is 0 Å². The summed E-state index contributed by atoms with van der Waals surface area (Å²) in [6, 6.07) is 8.92. The first-order valence-corrected chi connectivity index (χ1v) is 8.14. The summed E-state index contributed by atoms with van der Waals surface area (Å²) in [5.74, 6) is -1.27. The molecular formula is C17H18ClN3O3. The minimum atomic E-state index is -0.909. The van der Waals surface area contributed by atoms with Crippen molar-refractivity contribution in [2.24, 2.45) is 0 Å². The molecule has 1 saturated carbocycles. The number of rotatable bonds is 5. The van der Waals surface area contributed by atoms with Crippen LogP contribution in [0, 0.1) is 6.92 Å². The zero-order valence-corrected chi connectivity index (χ0v) is 14.0. The Kier molecular flexibility index (Phi) is 4.32. The second-order valence-corrected chi connectivity index (χ2v) is 6.60. The lowest BCUT2D eigenvalue weighted by Crippen LogP contribution is -2.54. The fraction of sp³-hybridized carbons (Fsp3) is 0.353. The van der Waals surface area contributed by atoms with Gasteiger partial charge in [0.05, 0.1) is 22.7 Å². The van der Waals surface area contributed by atoms with E-state index in [1.54, 1.807) is 16.8 Å². The number of carboxylic acid groups (broad SMARTS) is 1. The Morgan fingerprint density at radius 2 is 2.08 bits per heavy atom. The molecule has 0 bridgehead atoms. The van der Waals surface area contributed by atoms with E-state index in [2.05, 4.69) is 10.4 Å². The van der Waals surface area contributed by atoms with Crippen LogP contribution in [0.1, 0.15) is 41.9 Å². The molecule has 0 unspecified atom stereocenters. The standard InChI is InChI=1S/C17H18ClN3O3/c1-11-9-13(20-21(11)14-6-3-2-5-12(14)18)16(24)19-17(7-4-8-17)10-15(22)23/h2-3,5-6,9H,4,7-8,10H2,1H3,(H,19,24)(H,22,23). The number of amides is 1. The number of carbonyl (C=O) groups is 2.